The van der Waals surface area contributed by atoms with Crippen LogP contribution in [0.5, 0.6) is 0 Å². The molecule has 0 saturated heterocycles. The lowest BCUT2D eigenvalue weighted by atomic mass is 9.95. The monoisotopic (exact) mass is 850 g/mol. The second-order valence-corrected chi connectivity index (χ2v) is 18.6. The maximum Gasteiger partial charge on any atom is 0.0541 e. The fourth-order valence-electron chi connectivity index (χ4n) is 9.97. The number of nitrogens with zero attached hydrogens (tertiary/aromatic N) is 2. The van der Waals surface area contributed by atoms with E-state index in [4.69, 9.17) is 0 Å². The highest BCUT2D eigenvalue weighted by atomic mass is 32.1. The third kappa shape index (κ3) is 5.77. The molecule has 0 aliphatic heterocycles. The van der Waals surface area contributed by atoms with Crippen LogP contribution in [0.3, 0.4) is 0 Å². The summed E-state index contributed by atoms with van der Waals surface area (Å²) in [7, 11) is 0. The van der Waals surface area contributed by atoms with Crippen molar-refractivity contribution in [2.45, 2.75) is 0 Å². The van der Waals surface area contributed by atoms with Crippen molar-refractivity contribution in [1.29, 1.82) is 0 Å². The first kappa shape index (κ1) is 36.9. The van der Waals surface area contributed by atoms with E-state index in [-0.39, 0.29) is 0 Å². The van der Waals surface area contributed by atoms with Crippen molar-refractivity contribution in [3.05, 3.63) is 225 Å². The Balaban J connectivity index is 1.04. The predicted molar refractivity (Wildman–Crippen MR) is 279 cm³/mol. The highest BCUT2D eigenvalue weighted by molar-refractivity contribution is 7.29. The molecule has 9 aromatic carbocycles. The van der Waals surface area contributed by atoms with Gasteiger partial charge in [-0.1, -0.05) is 146 Å². The summed E-state index contributed by atoms with van der Waals surface area (Å²) in [6, 6.07) is 74.0. The van der Waals surface area contributed by atoms with Gasteiger partial charge in [-0.05, 0) is 112 Å². The number of hydrogen-bond acceptors (Lipinski definition) is 2. The summed E-state index contributed by atoms with van der Waals surface area (Å²) in [6.45, 7) is 3.94. The molecule has 0 unspecified atom stereocenters. The Labute approximate surface area is 378 Å². The molecule has 0 fully saturated rings. The maximum atomic E-state index is 3.94. The van der Waals surface area contributed by atoms with E-state index in [2.05, 4.69) is 222 Å². The topological polar surface area (TPSA) is 9.86 Å². The molecule has 0 radical (unpaired) electrons. The van der Waals surface area contributed by atoms with Gasteiger partial charge in [-0.3, -0.25) is 0 Å². The van der Waals surface area contributed by atoms with E-state index in [9.17, 15) is 0 Å². The minimum absolute atomic E-state index is 1.12. The lowest BCUT2D eigenvalue weighted by Gasteiger charge is -2.12. The zero-order valence-corrected chi connectivity index (χ0v) is 36.3. The first-order valence-corrected chi connectivity index (χ1v) is 23.3. The van der Waals surface area contributed by atoms with E-state index in [0.29, 0.717) is 0 Å². The Morgan fingerprint density at radius 2 is 0.797 bits per heavy atom. The molecule has 0 aliphatic carbocycles. The lowest BCUT2D eigenvalue weighted by Crippen LogP contribution is -1.96. The zero-order chi connectivity index (χ0) is 42.3. The fraction of sp³-hybridized carbons (Fsp3) is 0. The molecule has 13 aromatic rings. The SMILES string of the molecule is C=C/C=C\c1cc2ccccc2n1-c1ccc(-c2c(-c3sc4cc5ccccc5cc4c3-c3ccc(-n4c5ccccc5c5ccccc54)cc3)sc3cc4ccccc4cc23)cc1. The maximum absolute atomic E-state index is 3.94. The van der Waals surface area contributed by atoms with Crippen LogP contribution in [-0.4, -0.2) is 9.13 Å². The standard InChI is InChI=1S/C60H38N2S2/c1-2-3-19-47-33-44-18-8-11-22-52(44)61(47)45-29-25-38(26-30-45)57-50-34-40-14-4-6-16-42(40)36-55(50)63-59(57)60-58(51-35-41-15-5-7-17-43(41)37-56(51)64-60)39-27-31-46(32-28-39)62-53-23-12-9-20-48(53)49-21-10-13-24-54(49)62/h2-37H,1H2/b19-3-. The molecule has 0 amide bonds. The number of aromatic nitrogens is 2. The van der Waals surface area contributed by atoms with Crippen LogP contribution in [0.25, 0.3) is 124 Å². The predicted octanol–water partition coefficient (Wildman–Crippen LogP) is 17.7. The van der Waals surface area contributed by atoms with Crippen molar-refractivity contribution in [2.75, 3.05) is 0 Å². The highest BCUT2D eigenvalue weighted by Crippen LogP contribution is 2.54. The molecule has 13 rings (SSSR count). The molecule has 0 aliphatic rings. The molecule has 64 heavy (non-hydrogen) atoms. The van der Waals surface area contributed by atoms with Crippen LogP contribution >= 0.6 is 22.7 Å². The number of benzene rings is 9. The van der Waals surface area contributed by atoms with Crippen molar-refractivity contribution in [3.63, 3.8) is 0 Å². The van der Waals surface area contributed by atoms with Gasteiger partial charge in [-0.15, -0.1) is 22.7 Å². The van der Waals surface area contributed by atoms with Crippen LogP contribution in [0.4, 0.5) is 0 Å². The molecule has 4 aromatic heterocycles. The second kappa shape index (κ2) is 14.7. The Bertz CT molecular complexity index is 3970. The summed E-state index contributed by atoms with van der Waals surface area (Å²) in [5.41, 5.74) is 12.0. The molecule has 0 bridgehead atoms. The summed E-state index contributed by atoms with van der Waals surface area (Å²) >= 11 is 3.84. The van der Waals surface area contributed by atoms with Crippen molar-refractivity contribution in [2.24, 2.45) is 0 Å². The normalized spacial score (nSPS) is 12.1. The van der Waals surface area contributed by atoms with E-state index in [1.165, 1.54) is 106 Å². The largest absolute Gasteiger partial charge is 0.310 e. The molecule has 4 heterocycles. The van der Waals surface area contributed by atoms with Crippen LogP contribution in [0.2, 0.25) is 0 Å². The summed E-state index contributed by atoms with van der Waals surface area (Å²) in [5.74, 6) is 0. The van der Waals surface area contributed by atoms with Gasteiger partial charge in [-0.2, -0.15) is 0 Å². The highest BCUT2D eigenvalue weighted by Gasteiger charge is 2.24. The van der Waals surface area contributed by atoms with Crippen molar-refractivity contribution < 1.29 is 0 Å². The Hall–Kier alpha value is -7.76. The molecule has 2 nitrogen and oxygen atoms in total. The fourth-order valence-corrected chi connectivity index (χ4v) is 12.6. The molecule has 4 heteroatoms. The Morgan fingerprint density at radius 1 is 0.375 bits per heavy atom. The van der Waals surface area contributed by atoms with Crippen LogP contribution in [0, 0.1) is 0 Å². The molecule has 0 saturated carbocycles. The van der Waals surface area contributed by atoms with Gasteiger partial charge in [-0.25, -0.2) is 0 Å². The van der Waals surface area contributed by atoms with Gasteiger partial charge in [0.05, 0.1) is 26.3 Å². The minimum Gasteiger partial charge on any atom is -0.310 e. The number of fused-ring (bicyclic) bond motifs is 8. The van der Waals surface area contributed by atoms with Crippen LogP contribution < -0.4 is 0 Å². The number of para-hydroxylation sites is 3. The minimum atomic E-state index is 1.12. The molecule has 0 spiro atoms. The summed E-state index contributed by atoms with van der Waals surface area (Å²) < 4.78 is 7.33. The number of rotatable bonds is 7. The zero-order valence-electron chi connectivity index (χ0n) is 34.7. The van der Waals surface area contributed by atoms with Crippen molar-refractivity contribution in [1.82, 2.24) is 9.13 Å². The van der Waals surface area contributed by atoms with Crippen molar-refractivity contribution >= 4 is 103 Å². The van der Waals surface area contributed by atoms with Gasteiger partial charge in [0.25, 0.3) is 0 Å². The summed E-state index contributed by atoms with van der Waals surface area (Å²) in [6.07, 6.45) is 5.98. The van der Waals surface area contributed by atoms with E-state index >= 15 is 0 Å². The van der Waals surface area contributed by atoms with Gasteiger partial charge in [0, 0.05) is 64.5 Å². The second-order valence-electron chi connectivity index (χ2n) is 16.5. The van der Waals surface area contributed by atoms with E-state index in [1.807, 2.05) is 34.8 Å². The molecular formula is C60H38N2S2. The average Bonchev–Trinajstić information content (AvgIpc) is 4.11. The Morgan fingerprint density at radius 3 is 1.30 bits per heavy atom. The van der Waals surface area contributed by atoms with Gasteiger partial charge in [0.2, 0.25) is 0 Å². The Kier molecular flexibility index (Phi) is 8.45. The summed E-state index contributed by atoms with van der Waals surface area (Å²) in [5, 5.41) is 11.3. The smallest absolute Gasteiger partial charge is 0.0541 e. The molecular weight excluding hydrogens is 813 g/mol. The van der Waals surface area contributed by atoms with Crippen molar-refractivity contribution in [3.8, 4) is 43.4 Å². The number of hydrogen-bond donors (Lipinski definition) is 0. The summed E-state index contributed by atoms with van der Waals surface area (Å²) in [4.78, 5) is 2.60. The van der Waals surface area contributed by atoms with E-state index < -0.39 is 0 Å². The lowest BCUT2D eigenvalue weighted by molar-refractivity contribution is 1.11. The van der Waals surface area contributed by atoms with Gasteiger partial charge >= 0.3 is 0 Å². The van der Waals surface area contributed by atoms with Crippen LogP contribution in [0.1, 0.15) is 5.69 Å². The molecule has 0 atom stereocenters. The quantitative estimate of drug-likeness (QED) is 0.141. The van der Waals surface area contributed by atoms with Crippen LogP contribution in [0.15, 0.2) is 219 Å². The first-order chi connectivity index (χ1) is 31.7. The molecule has 300 valence electrons. The molecule has 0 N–H and O–H groups in total. The van der Waals surface area contributed by atoms with E-state index in [0.717, 1.165) is 17.1 Å². The number of thiophene rings is 2. The third-order valence-corrected chi connectivity index (χ3v) is 15.3. The average molecular weight is 851 g/mol. The van der Waals surface area contributed by atoms with Crippen LogP contribution in [-0.2, 0) is 0 Å². The van der Waals surface area contributed by atoms with Gasteiger partial charge in [0.1, 0.15) is 0 Å². The van der Waals surface area contributed by atoms with Gasteiger partial charge in [0.15, 0.2) is 0 Å². The number of allylic oxidation sites excluding steroid dienone is 2. The third-order valence-electron chi connectivity index (χ3n) is 12.9. The van der Waals surface area contributed by atoms with E-state index in [1.54, 1.807) is 0 Å². The van der Waals surface area contributed by atoms with Gasteiger partial charge < -0.3 is 9.13 Å². The first-order valence-electron chi connectivity index (χ1n) is 21.7.